The van der Waals surface area contributed by atoms with E-state index in [-0.39, 0.29) is 5.92 Å². The quantitative estimate of drug-likeness (QED) is 0.901. The molecule has 4 rings (SSSR count). The summed E-state index contributed by atoms with van der Waals surface area (Å²) in [6, 6.07) is 6.93. The van der Waals surface area contributed by atoms with Crippen molar-refractivity contribution in [3.05, 3.63) is 34.9 Å². The molecule has 1 N–H and O–H groups in total. The van der Waals surface area contributed by atoms with Gasteiger partial charge in [0, 0.05) is 58.4 Å². The van der Waals surface area contributed by atoms with E-state index in [4.69, 9.17) is 4.74 Å². The Labute approximate surface area is 150 Å². The maximum atomic E-state index is 12.6. The van der Waals surface area contributed by atoms with Crippen LogP contribution in [0.5, 0.6) is 0 Å². The molecule has 2 fully saturated rings. The molecule has 1 aromatic rings. The summed E-state index contributed by atoms with van der Waals surface area (Å²) in [7, 11) is 0. The Morgan fingerprint density at radius 3 is 2.72 bits per heavy atom. The maximum Gasteiger partial charge on any atom is 0.225 e. The van der Waals surface area contributed by atoms with Crippen molar-refractivity contribution in [3.63, 3.8) is 0 Å². The number of rotatable bonds is 3. The summed E-state index contributed by atoms with van der Waals surface area (Å²) in [6.45, 7) is 8.26. The molecule has 5 heteroatoms. The first kappa shape index (κ1) is 17.0. The molecule has 0 aliphatic carbocycles. The largest absolute Gasteiger partial charge is 0.381 e. The van der Waals surface area contributed by atoms with Gasteiger partial charge in [0.25, 0.3) is 0 Å². The van der Waals surface area contributed by atoms with Gasteiger partial charge in [-0.3, -0.25) is 9.69 Å². The van der Waals surface area contributed by atoms with Gasteiger partial charge in [0.1, 0.15) is 0 Å². The van der Waals surface area contributed by atoms with Crippen LogP contribution < -0.4 is 5.32 Å². The third kappa shape index (κ3) is 4.05. The number of nitrogens with zero attached hydrogens (tertiary/aromatic N) is 2. The summed E-state index contributed by atoms with van der Waals surface area (Å²) >= 11 is 0. The number of fused-ring (bicyclic) bond motifs is 1. The summed E-state index contributed by atoms with van der Waals surface area (Å²) in [6.07, 6.45) is 2.92. The Morgan fingerprint density at radius 2 is 1.92 bits per heavy atom. The van der Waals surface area contributed by atoms with Crippen LogP contribution in [0.2, 0.25) is 0 Å². The Bertz CT molecular complexity index is 605. The van der Waals surface area contributed by atoms with Gasteiger partial charge in [-0.25, -0.2) is 0 Å². The van der Waals surface area contributed by atoms with E-state index < -0.39 is 0 Å². The molecule has 0 unspecified atom stereocenters. The van der Waals surface area contributed by atoms with Crippen LogP contribution in [0.1, 0.15) is 29.5 Å². The number of benzene rings is 1. The summed E-state index contributed by atoms with van der Waals surface area (Å²) < 4.78 is 5.38. The highest BCUT2D eigenvalue weighted by atomic mass is 16.5. The minimum absolute atomic E-state index is 0.189. The van der Waals surface area contributed by atoms with E-state index in [2.05, 4.69) is 33.3 Å². The average molecular weight is 343 g/mol. The van der Waals surface area contributed by atoms with Gasteiger partial charge < -0.3 is 15.0 Å². The lowest BCUT2D eigenvalue weighted by Crippen LogP contribution is -2.50. The smallest absolute Gasteiger partial charge is 0.225 e. The Kier molecular flexibility index (Phi) is 5.34. The van der Waals surface area contributed by atoms with Gasteiger partial charge in [-0.1, -0.05) is 18.2 Å². The third-order valence-electron chi connectivity index (χ3n) is 5.82. The predicted octanol–water partition coefficient (Wildman–Crippen LogP) is 1.40. The van der Waals surface area contributed by atoms with E-state index in [0.29, 0.717) is 5.91 Å². The van der Waals surface area contributed by atoms with Crippen LogP contribution in [0, 0.1) is 5.92 Å². The molecule has 1 aromatic carbocycles. The minimum Gasteiger partial charge on any atom is -0.381 e. The molecule has 0 atom stereocenters. The Morgan fingerprint density at radius 1 is 1.12 bits per heavy atom. The van der Waals surface area contributed by atoms with Crippen LogP contribution in [0.15, 0.2) is 18.2 Å². The first-order valence-corrected chi connectivity index (χ1v) is 9.70. The first-order chi connectivity index (χ1) is 12.3. The molecular weight excluding hydrogens is 314 g/mol. The molecule has 0 spiro atoms. The van der Waals surface area contributed by atoms with Crippen molar-refractivity contribution in [2.45, 2.75) is 32.4 Å². The van der Waals surface area contributed by atoms with Gasteiger partial charge in [0.05, 0.1) is 0 Å². The average Bonchev–Trinajstić information content (AvgIpc) is 2.69. The number of hydrogen-bond donors (Lipinski definition) is 1. The third-order valence-corrected chi connectivity index (χ3v) is 5.82. The predicted molar refractivity (Wildman–Crippen MR) is 97.3 cm³/mol. The fourth-order valence-electron chi connectivity index (χ4n) is 4.22. The van der Waals surface area contributed by atoms with Crippen molar-refractivity contribution in [1.82, 2.24) is 15.1 Å². The lowest BCUT2D eigenvalue weighted by atomic mass is 9.97. The van der Waals surface area contributed by atoms with Crippen molar-refractivity contribution in [1.29, 1.82) is 0 Å². The minimum atomic E-state index is 0.189. The number of hydrogen-bond acceptors (Lipinski definition) is 4. The Hall–Kier alpha value is -1.43. The van der Waals surface area contributed by atoms with Crippen LogP contribution >= 0.6 is 0 Å². The van der Waals surface area contributed by atoms with Gasteiger partial charge in [-0.2, -0.15) is 0 Å². The monoisotopic (exact) mass is 343 g/mol. The van der Waals surface area contributed by atoms with Crippen LogP contribution in [-0.2, 0) is 29.0 Å². The van der Waals surface area contributed by atoms with E-state index in [0.717, 1.165) is 78.3 Å². The van der Waals surface area contributed by atoms with Gasteiger partial charge in [-0.05, 0) is 42.5 Å². The zero-order valence-electron chi connectivity index (χ0n) is 15.0. The summed E-state index contributed by atoms with van der Waals surface area (Å²) in [5, 5.41) is 3.43. The summed E-state index contributed by atoms with van der Waals surface area (Å²) in [4.78, 5) is 17.2. The van der Waals surface area contributed by atoms with Crippen LogP contribution in [0.3, 0.4) is 0 Å². The number of amides is 1. The molecule has 2 saturated heterocycles. The number of ether oxygens (including phenoxy) is 1. The highest BCUT2D eigenvalue weighted by molar-refractivity contribution is 5.79. The molecule has 3 aliphatic heterocycles. The molecular formula is C20H29N3O2. The molecule has 3 aliphatic rings. The molecule has 0 bridgehead atoms. The molecule has 3 heterocycles. The van der Waals surface area contributed by atoms with Crippen LogP contribution in [0.25, 0.3) is 0 Å². The molecule has 0 saturated carbocycles. The second-order valence-electron chi connectivity index (χ2n) is 7.52. The maximum absolute atomic E-state index is 12.6. The molecule has 0 radical (unpaired) electrons. The van der Waals surface area contributed by atoms with Gasteiger partial charge in [0.2, 0.25) is 5.91 Å². The number of piperazine rings is 1. The van der Waals surface area contributed by atoms with Crippen molar-refractivity contribution >= 4 is 5.91 Å². The normalized spacial score (nSPS) is 22.6. The van der Waals surface area contributed by atoms with E-state index >= 15 is 0 Å². The van der Waals surface area contributed by atoms with Gasteiger partial charge in [-0.15, -0.1) is 0 Å². The topological polar surface area (TPSA) is 44.8 Å². The number of nitrogens with one attached hydrogen (secondary N) is 1. The van der Waals surface area contributed by atoms with Crippen LogP contribution in [-0.4, -0.2) is 61.6 Å². The van der Waals surface area contributed by atoms with Crippen LogP contribution in [0.4, 0.5) is 0 Å². The second kappa shape index (κ2) is 7.85. The van der Waals surface area contributed by atoms with Gasteiger partial charge in [0.15, 0.2) is 0 Å². The van der Waals surface area contributed by atoms with E-state index in [1.807, 2.05) is 0 Å². The second-order valence-corrected chi connectivity index (χ2v) is 7.52. The molecule has 0 aromatic heterocycles. The lowest BCUT2D eigenvalue weighted by Gasteiger charge is -2.37. The number of carbonyl (C=O) groups excluding carboxylic acids is 1. The van der Waals surface area contributed by atoms with E-state index in [9.17, 15) is 4.79 Å². The molecule has 5 nitrogen and oxygen atoms in total. The summed E-state index contributed by atoms with van der Waals surface area (Å²) in [5.41, 5.74) is 4.36. The molecule has 25 heavy (non-hydrogen) atoms. The van der Waals surface area contributed by atoms with Gasteiger partial charge >= 0.3 is 0 Å². The zero-order valence-corrected chi connectivity index (χ0v) is 15.0. The highest BCUT2D eigenvalue weighted by Gasteiger charge is 2.28. The SMILES string of the molecule is O=C(C1CCOCC1)N1CCN(Cc2ccc3c(c2)CCNC3)CC1. The van der Waals surface area contributed by atoms with Crippen molar-refractivity contribution < 1.29 is 9.53 Å². The van der Waals surface area contributed by atoms with Crippen molar-refractivity contribution in [3.8, 4) is 0 Å². The van der Waals surface area contributed by atoms with E-state index in [1.54, 1.807) is 0 Å². The van der Waals surface area contributed by atoms with E-state index in [1.165, 1.54) is 16.7 Å². The van der Waals surface area contributed by atoms with Crippen molar-refractivity contribution in [2.75, 3.05) is 45.9 Å². The lowest BCUT2D eigenvalue weighted by molar-refractivity contribution is -0.140. The first-order valence-electron chi connectivity index (χ1n) is 9.70. The fourth-order valence-corrected chi connectivity index (χ4v) is 4.22. The zero-order chi connectivity index (χ0) is 17.1. The molecule has 1 amide bonds. The standard InChI is InChI=1S/C20H29N3O2/c24-20(17-4-11-25-12-5-17)23-9-7-22(8-10-23)15-16-1-2-19-14-21-6-3-18(19)13-16/h1-2,13,17,21H,3-12,14-15H2. The highest BCUT2D eigenvalue weighted by Crippen LogP contribution is 2.20. The molecule has 136 valence electrons. The van der Waals surface area contributed by atoms with Crippen molar-refractivity contribution in [2.24, 2.45) is 5.92 Å². The fraction of sp³-hybridized carbons (Fsp3) is 0.650. The summed E-state index contributed by atoms with van der Waals surface area (Å²) in [5.74, 6) is 0.541. The number of carbonyl (C=O) groups is 1. The Balaban J connectivity index is 1.29.